The maximum Gasteiger partial charge on any atom is 0.107 e. The summed E-state index contributed by atoms with van der Waals surface area (Å²) in [6, 6.07) is 19.8. The van der Waals surface area contributed by atoms with E-state index in [9.17, 15) is 5.11 Å². The van der Waals surface area contributed by atoms with Crippen LogP contribution in [0.15, 0.2) is 60.7 Å². The Morgan fingerprint density at radius 1 is 1.00 bits per heavy atom. The second-order valence-electron chi connectivity index (χ2n) is 5.95. The standard InChI is InChI=1S/C20H24O4/c21-18-11-19(23-13-17-9-5-2-6-10-17)20(24-14-18)15-22-12-16-7-3-1-4-8-16/h1-10,18-21H,11-15H2/t18-,19-,20-/m1/s1/i14D/t14-,18+,19+,20+/m0. The molecule has 2 aromatic carbocycles. The normalized spacial score (nSPS) is 27.6. The molecular weight excluding hydrogens is 304 g/mol. The lowest BCUT2D eigenvalue weighted by Gasteiger charge is -2.34. The zero-order valence-corrected chi connectivity index (χ0v) is 13.6. The third kappa shape index (κ3) is 5.14. The lowest BCUT2D eigenvalue weighted by molar-refractivity contribution is -0.168. The van der Waals surface area contributed by atoms with E-state index in [2.05, 4.69) is 0 Å². The van der Waals surface area contributed by atoms with Gasteiger partial charge in [0, 0.05) is 6.42 Å². The highest BCUT2D eigenvalue weighted by atomic mass is 16.6. The Bertz CT molecular complexity index is 622. The molecule has 0 aromatic heterocycles. The molecule has 1 saturated heterocycles. The van der Waals surface area contributed by atoms with Gasteiger partial charge in [-0.2, -0.15) is 0 Å². The summed E-state index contributed by atoms with van der Waals surface area (Å²) in [6.45, 7) is 0.301. The van der Waals surface area contributed by atoms with Gasteiger partial charge in [0.15, 0.2) is 0 Å². The van der Waals surface area contributed by atoms with Crippen LogP contribution < -0.4 is 0 Å². The predicted octanol–water partition coefficient (Wildman–Crippen LogP) is 2.94. The van der Waals surface area contributed by atoms with Gasteiger partial charge in [0.05, 0.1) is 40.0 Å². The molecule has 4 heteroatoms. The monoisotopic (exact) mass is 329 g/mol. The van der Waals surface area contributed by atoms with Crippen LogP contribution in [0, 0.1) is 0 Å². The first-order valence-corrected chi connectivity index (χ1v) is 8.25. The van der Waals surface area contributed by atoms with E-state index in [0.29, 0.717) is 26.2 Å². The van der Waals surface area contributed by atoms with Crippen molar-refractivity contribution in [1.82, 2.24) is 0 Å². The van der Waals surface area contributed by atoms with Crippen LogP contribution in [0.4, 0.5) is 0 Å². The number of ether oxygens (including phenoxy) is 3. The third-order valence-electron chi connectivity index (χ3n) is 4.00. The van der Waals surface area contributed by atoms with Crippen LogP contribution in [0.5, 0.6) is 0 Å². The molecule has 0 spiro atoms. The first-order chi connectivity index (χ1) is 12.2. The van der Waals surface area contributed by atoms with E-state index in [4.69, 9.17) is 15.6 Å². The van der Waals surface area contributed by atoms with Gasteiger partial charge in [0.2, 0.25) is 0 Å². The number of aliphatic hydroxyl groups excluding tert-OH is 1. The maximum atomic E-state index is 9.93. The molecule has 0 unspecified atom stereocenters. The van der Waals surface area contributed by atoms with Crippen molar-refractivity contribution in [2.45, 2.75) is 37.9 Å². The third-order valence-corrected chi connectivity index (χ3v) is 4.00. The van der Waals surface area contributed by atoms with Crippen molar-refractivity contribution in [2.24, 2.45) is 0 Å². The van der Waals surface area contributed by atoms with E-state index in [0.717, 1.165) is 11.1 Å². The average Bonchev–Trinajstić information content (AvgIpc) is 2.65. The highest BCUT2D eigenvalue weighted by Gasteiger charge is 2.31. The van der Waals surface area contributed by atoms with Crippen molar-refractivity contribution >= 4 is 0 Å². The summed E-state index contributed by atoms with van der Waals surface area (Å²) < 4.78 is 25.1. The minimum Gasteiger partial charge on any atom is -0.391 e. The summed E-state index contributed by atoms with van der Waals surface area (Å²) >= 11 is 0. The average molecular weight is 329 g/mol. The highest BCUT2D eigenvalue weighted by Crippen LogP contribution is 2.20. The Hall–Kier alpha value is -1.72. The number of rotatable bonds is 7. The van der Waals surface area contributed by atoms with Crippen LogP contribution in [0.25, 0.3) is 0 Å². The largest absolute Gasteiger partial charge is 0.391 e. The van der Waals surface area contributed by atoms with E-state index in [1.165, 1.54) is 0 Å². The number of aliphatic hydroxyl groups is 1. The molecule has 0 saturated carbocycles. The number of benzene rings is 2. The molecule has 0 bridgehead atoms. The molecule has 2 aromatic rings. The van der Waals surface area contributed by atoms with E-state index in [1.807, 2.05) is 60.7 Å². The number of hydrogen-bond donors (Lipinski definition) is 1. The quantitative estimate of drug-likeness (QED) is 0.848. The molecule has 4 atom stereocenters. The molecule has 3 rings (SSSR count). The fourth-order valence-electron chi connectivity index (χ4n) is 2.69. The molecule has 0 radical (unpaired) electrons. The van der Waals surface area contributed by atoms with Gasteiger partial charge < -0.3 is 19.3 Å². The molecule has 1 fully saturated rings. The fourth-order valence-corrected chi connectivity index (χ4v) is 2.69. The van der Waals surface area contributed by atoms with Gasteiger partial charge >= 0.3 is 0 Å². The van der Waals surface area contributed by atoms with Crippen molar-refractivity contribution in [3.05, 3.63) is 71.8 Å². The summed E-state index contributed by atoms with van der Waals surface area (Å²) in [5.74, 6) is 0. The maximum absolute atomic E-state index is 9.93. The van der Waals surface area contributed by atoms with Gasteiger partial charge in [0.1, 0.15) is 6.10 Å². The van der Waals surface area contributed by atoms with E-state index in [1.54, 1.807) is 0 Å². The van der Waals surface area contributed by atoms with Crippen molar-refractivity contribution in [3.63, 3.8) is 0 Å². The molecule has 24 heavy (non-hydrogen) atoms. The summed E-state index contributed by atoms with van der Waals surface area (Å²) in [7, 11) is 0. The molecule has 1 aliphatic rings. The van der Waals surface area contributed by atoms with Crippen LogP contribution in [-0.4, -0.2) is 36.6 Å². The second-order valence-corrected chi connectivity index (χ2v) is 5.95. The highest BCUT2D eigenvalue weighted by molar-refractivity contribution is 5.14. The zero-order valence-electron chi connectivity index (χ0n) is 14.6. The smallest absolute Gasteiger partial charge is 0.107 e. The second kappa shape index (κ2) is 8.94. The molecular formula is C20H24O4. The molecule has 1 heterocycles. The van der Waals surface area contributed by atoms with Gasteiger partial charge in [-0.25, -0.2) is 0 Å². The van der Waals surface area contributed by atoms with Crippen molar-refractivity contribution in [1.29, 1.82) is 0 Å². The summed E-state index contributed by atoms with van der Waals surface area (Å²) in [5.41, 5.74) is 2.15. The first kappa shape index (κ1) is 15.8. The predicted molar refractivity (Wildman–Crippen MR) is 91.5 cm³/mol. The molecule has 1 N–H and O–H groups in total. The van der Waals surface area contributed by atoms with Crippen LogP contribution in [-0.2, 0) is 27.4 Å². The topological polar surface area (TPSA) is 47.9 Å². The van der Waals surface area contributed by atoms with E-state index in [-0.39, 0.29) is 12.2 Å². The van der Waals surface area contributed by atoms with Gasteiger partial charge in [-0.15, -0.1) is 0 Å². The van der Waals surface area contributed by atoms with Gasteiger partial charge in [-0.1, -0.05) is 60.7 Å². The Morgan fingerprint density at radius 2 is 1.62 bits per heavy atom. The van der Waals surface area contributed by atoms with Crippen molar-refractivity contribution < 1.29 is 20.7 Å². The Balaban J connectivity index is 1.54. The van der Waals surface area contributed by atoms with E-state index >= 15 is 0 Å². The summed E-state index contributed by atoms with van der Waals surface area (Å²) in [4.78, 5) is 0. The summed E-state index contributed by atoms with van der Waals surface area (Å²) in [5, 5.41) is 9.93. The first-order valence-electron chi connectivity index (χ1n) is 8.83. The van der Waals surface area contributed by atoms with Gasteiger partial charge in [0.25, 0.3) is 0 Å². The van der Waals surface area contributed by atoms with Crippen LogP contribution in [0.2, 0.25) is 0 Å². The minimum absolute atomic E-state index is 0.299. The molecule has 128 valence electrons. The SMILES string of the molecule is [2H][C@@H]1O[C@H](COCc2ccccc2)[C@H](OCc2ccccc2)C[C@H]1O. The number of hydrogen-bond acceptors (Lipinski definition) is 4. The van der Waals surface area contributed by atoms with Gasteiger partial charge in [-0.05, 0) is 11.1 Å². The Morgan fingerprint density at radius 3 is 2.29 bits per heavy atom. The van der Waals surface area contributed by atoms with Crippen LogP contribution in [0.1, 0.15) is 18.9 Å². The van der Waals surface area contributed by atoms with Gasteiger partial charge in [-0.3, -0.25) is 0 Å². The Labute approximate surface area is 144 Å². The lowest BCUT2D eigenvalue weighted by Crippen LogP contribution is -2.45. The minimum atomic E-state index is -0.957. The summed E-state index contributed by atoms with van der Waals surface area (Å²) in [6.07, 6.45) is -1.13. The molecule has 1 aliphatic heterocycles. The van der Waals surface area contributed by atoms with Crippen LogP contribution >= 0.6 is 0 Å². The van der Waals surface area contributed by atoms with E-state index < -0.39 is 12.7 Å². The Kier molecular flexibility index (Phi) is 5.88. The van der Waals surface area contributed by atoms with Crippen molar-refractivity contribution in [3.8, 4) is 0 Å². The fraction of sp³-hybridized carbons (Fsp3) is 0.400. The van der Waals surface area contributed by atoms with Crippen molar-refractivity contribution in [2.75, 3.05) is 13.2 Å². The zero-order chi connectivity index (χ0) is 17.5. The molecule has 4 nitrogen and oxygen atoms in total. The molecule has 0 amide bonds. The lowest BCUT2D eigenvalue weighted by atomic mass is 10.0. The molecule has 0 aliphatic carbocycles. The van der Waals surface area contributed by atoms with Crippen LogP contribution in [0.3, 0.4) is 0 Å².